The zero-order valence-corrected chi connectivity index (χ0v) is 16.0. The molecule has 2 amide bonds. The van der Waals surface area contributed by atoms with Crippen molar-refractivity contribution in [3.8, 4) is 5.75 Å². The third-order valence-electron chi connectivity index (χ3n) is 4.94. The summed E-state index contributed by atoms with van der Waals surface area (Å²) in [6, 6.07) is 15.6. The van der Waals surface area contributed by atoms with Gasteiger partial charge in [0.15, 0.2) is 0 Å². The van der Waals surface area contributed by atoms with Crippen molar-refractivity contribution in [1.82, 2.24) is 9.80 Å². The molecule has 5 nitrogen and oxygen atoms in total. The number of hydrogen-bond donors (Lipinski definition) is 0. The van der Waals surface area contributed by atoms with Crippen LogP contribution in [0, 0.1) is 6.92 Å². The van der Waals surface area contributed by atoms with Gasteiger partial charge in [-0.25, -0.2) is 0 Å². The van der Waals surface area contributed by atoms with Gasteiger partial charge in [0.05, 0.1) is 20.0 Å². The maximum Gasteiger partial charge on any atom is 0.227 e. The molecule has 2 aromatic rings. The Balaban J connectivity index is 1.48. The van der Waals surface area contributed by atoms with E-state index in [1.807, 2.05) is 65.3 Å². The third kappa shape index (κ3) is 5.09. The summed E-state index contributed by atoms with van der Waals surface area (Å²) >= 11 is 0. The zero-order valence-electron chi connectivity index (χ0n) is 16.0. The summed E-state index contributed by atoms with van der Waals surface area (Å²) in [5.41, 5.74) is 3.17. The molecule has 0 bridgehead atoms. The van der Waals surface area contributed by atoms with Crippen molar-refractivity contribution < 1.29 is 14.3 Å². The fraction of sp³-hybridized carbons (Fsp3) is 0.364. The van der Waals surface area contributed by atoms with Crippen LogP contribution in [-0.4, -0.2) is 54.9 Å². The van der Waals surface area contributed by atoms with E-state index in [1.54, 1.807) is 7.11 Å². The lowest BCUT2D eigenvalue weighted by atomic mass is 10.1. The molecule has 0 saturated carbocycles. The van der Waals surface area contributed by atoms with Crippen LogP contribution in [0.2, 0.25) is 0 Å². The lowest BCUT2D eigenvalue weighted by Crippen LogP contribution is -2.51. The van der Waals surface area contributed by atoms with Gasteiger partial charge in [0.1, 0.15) is 5.75 Å². The van der Waals surface area contributed by atoms with Gasteiger partial charge in [-0.2, -0.15) is 0 Å². The van der Waals surface area contributed by atoms with Gasteiger partial charge >= 0.3 is 0 Å². The highest BCUT2D eigenvalue weighted by Gasteiger charge is 2.24. The molecule has 3 rings (SSSR count). The first kappa shape index (κ1) is 19.0. The molecule has 0 radical (unpaired) electrons. The van der Waals surface area contributed by atoms with Gasteiger partial charge < -0.3 is 14.5 Å². The van der Waals surface area contributed by atoms with Crippen LogP contribution >= 0.6 is 0 Å². The Morgan fingerprint density at radius 3 is 1.93 bits per heavy atom. The van der Waals surface area contributed by atoms with Crippen LogP contribution in [0.1, 0.15) is 16.7 Å². The van der Waals surface area contributed by atoms with Crippen LogP contribution in [-0.2, 0) is 22.4 Å². The molecule has 1 aliphatic rings. The van der Waals surface area contributed by atoms with Crippen molar-refractivity contribution in [3.63, 3.8) is 0 Å². The Hall–Kier alpha value is -2.82. The third-order valence-corrected chi connectivity index (χ3v) is 4.94. The van der Waals surface area contributed by atoms with Gasteiger partial charge in [-0.05, 0) is 30.2 Å². The summed E-state index contributed by atoms with van der Waals surface area (Å²) in [6.07, 6.45) is 0.794. The Labute approximate surface area is 160 Å². The number of aryl methyl sites for hydroxylation is 1. The van der Waals surface area contributed by atoms with Crippen LogP contribution in [0.15, 0.2) is 48.5 Å². The molecular formula is C22H26N2O3. The number of benzene rings is 2. The van der Waals surface area contributed by atoms with Crippen LogP contribution in [0.5, 0.6) is 5.75 Å². The molecule has 1 saturated heterocycles. The van der Waals surface area contributed by atoms with E-state index in [0.29, 0.717) is 39.0 Å². The van der Waals surface area contributed by atoms with Crippen LogP contribution in [0.25, 0.3) is 0 Å². The van der Waals surface area contributed by atoms with Gasteiger partial charge in [0, 0.05) is 26.2 Å². The topological polar surface area (TPSA) is 49.9 Å². The lowest BCUT2D eigenvalue weighted by molar-refractivity contribution is -0.138. The number of nitrogens with zero attached hydrogens (tertiary/aromatic N) is 2. The van der Waals surface area contributed by atoms with E-state index in [9.17, 15) is 9.59 Å². The van der Waals surface area contributed by atoms with E-state index in [4.69, 9.17) is 4.74 Å². The summed E-state index contributed by atoms with van der Waals surface area (Å²) in [5, 5.41) is 0. The number of rotatable bonds is 5. The second kappa shape index (κ2) is 8.71. The van der Waals surface area contributed by atoms with Crippen molar-refractivity contribution >= 4 is 11.8 Å². The van der Waals surface area contributed by atoms with Crippen molar-refractivity contribution in [2.24, 2.45) is 0 Å². The number of ether oxygens (including phenoxy) is 1. The molecular weight excluding hydrogens is 340 g/mol. The second-order valence-electron chi connectivity index (χ2n) is 6.95. The molecule has 0 unspecified atom stereocenters. The van der Waals surface area contributed by atoms with E-state index in [-0.39, 0.29) is 11.8 Å². The van der Waals surface area contributed by atoms with Crippen molar-refractivity contribution in [2.75, 3.05) is 33.3 Å². The minimum Gasteiger partial charge on any atom is -0.497 e. The highest BCUT2D eigenvalue weighted by molar-refractivity contribution is 5.81. The van der Waals surface area contributed by atoms with E-state index in [2.05, 4.69) is 0 Å². The standard InChI is InChI=1S/C22H26N2O3/c1-17-4-3-5-19(14-17)16-22(26)24-12-10-23(11-13-24)21(25)15-18-6-8-20(27-2)9-7-18/h3-9,14H,10-13,15-16H2,1-2H3. The first-order chi connectivity index (χ1) is 13.0. The van der Waals surface area contributed by atoms with Gasteiger partial charge in [0.25, 0.3) is 0 Å². The highest BCUT2D eigenvalue weighted by atomic mass is 16.5. The first-order valence-electron chi connectivity index (χ1n) is 9.29. The van der Waals surface area contributed by atoms with Gasteiger partial charge in [-0.15, -0.1) is 0 Å². The Bertz CT molecular complexity index is 793. The SMILES string of the molecule is COc1ccc(CC(=O)N2CCN(C(=O)Cc3cccc(C)c3)CC2)cc1. The summed E-state index contributed by atoms with van der Waals surface area (Å²) in [6.45, 7) is 4.41. The number of hydrogen-bond acceptors (Lipinski definition) is 3. The van der Waals surface area contributed by atoms with Gasteiger partial charge in [-0.3, -0.25) is 9.59 Å². The minimum atomic E-state index is 0.103. The smallest absolute Gasteiger partial charge is 0.227 e. The summed E-state index contributed by atoms with van der Waals surface area (Å²) in [7, 11) is 1.62. The number of carbonyl (C=O) groups excluding carboxylic acids is 2. The molecule has 27 heavy (non-hydrogen) atoms. The molecule has 142 valence electrons. The number of methoxy groups -OCH3 is 1. The molecule has 0 N–H and O–H groups in total. The molecule has 1 aliphatic heterocycles. The first-order valence-corrected chi connectivity index (χ1v) is 9.29. The van der Waals surface area contributed by atoms with E-state index in [1.165, 1.54) is 0 Å². The normalized spacial score (nSPS) is 14.1. The highest BCUT2D eigenvalue weighted by Crippen LogP contribution is 2.14. The Morgan fingerprint density at radius 2 is 1.41 bits per heavy atom. The molecule has 1 fully saturated rings. The Morgan fingerprint density at radius 1 is 0.852 bits per heavy atom. The van der Waals surface area contributed by atoms with Gasteiger partial charge in [-0.1, -0.05) is 42.0 Å². The summed E-state index contributed by atoms with van der Waals surface area (Å²) < 4.78 is 5.14. The zero-order chi connectivity index (χ0) is 19.2. The number of amides is 2. The molecule has 0 atom stereocenters. The predicted molar refractivity (Wildman–Crippen MR) is 105 cm³/mol. The molecule has 0 spiro atoms. The largest absolute Gasteiger partial charge is 0.497 e. The molecule has 1 heterocycles. The molecule has 5 heteroatoms. The van der Waals surface area contributed by atoms with Crippen LogP contribution in [0.3, 0.4) is 0 Å². The predicted octanol–water partition coefficient (Wildman–Crippen LogP) is 2.46. The van der Waals surface area contributed by atoms with Crippen LogP contribution < -0.4 is 4.74 Å². The maximum absolute atomic E-state index is 12.5. The van der Waals surface area contributed by atoms with Gasteiger partial charge in [0.2, 0.25) is 11.8 Å². The fourth-order valence-electron chi connectivity index (χ4n) is 3.34. The van der Waals surface area contributed by atoms with E-state index >= 15 is 0 Å². The fourth-order valence-corrected chi connectivity index (χ4v) is 3.34. The second-order valence-corrected chi connectivity index (χ2v) is 6.95. The lowest BCUT2D eigenvalue weighted by Gasteiger charge is -2.35. The Kier molecular flexibility index (Phi) is 6.12. The number of piperazine rings is 1. The van der Waals surface area contributed by atoms with Crippen molar-refractivity contribution in [1.29, 1.82) is 0 Å². The summed E-state index contributed by atoms with van der Waals surface area (Å²) in [5.74, 6) is 1.01. The average molecular weight is 366 g/mol. The van der Waals surface area contributed by atoms with Crippen LogP contribution in [0.4, 0.5) is 0 Å². The maximum atomic E-state index is 12.5. The minimum absolute atomic E-state index is 0.103. The number of carbonyl (C=O) groups is 2. The molecule has 2 aromatic carbocycles. The molecule has 0 aliphatic carbocycles. The average Bonchev–Trinajstić information content (AvgIpc) is 2.68. The molecule has 0 aromatic heterocycles. The van der Waals surface area contributed by atoms with Crippen molar-refractivity contribution in [3.05, 3.63) is 65.2 Å². The summed E-state index contributed by atoms with van der Waals surface area (Å²) in [4.78, 5) is 28.7. The van der Waals surface area contributed by atoms with E-state index in [0.717, 1.165) is 22.4 Å². The van der Waals surface area contributed by atoms with E-state index < -0.39 is 0 Å². The van der Waals surface area contributed by atoms with Crippen molar-refractivity contribution in [2.45, 2.75) is 19.8 Å². The monoisotopic (exact) mass is 366 g/mol. The quantitative estimate of drug-likeness (QED) is 0.817.